The summed E-state index contributed by atoms with van der Waals surface area (Å²) in [5.74, 6) is 1.10. The summed E-state index contributed by atoms with van der Waals surface area (Å²) < 4.78 is 16.1. The van der Waals surface area contributed by atoms with Crippen LogP contribution in [0.15, 0.2) is 18.2 Å². The van der Waals surface area contributed by atoms with Crippen molar-refractivity contribution >= 4 is 12.0 Å². The lowest BCUT2D eigenvalue weighted by Gasteiger charge is -2.34. The fourth-order valence-electron chi connectivity index (χ4n) is 2.92. The Morgan fingerprint density at radius 1 is 1.11 bits per heavy atom. The van der Waals surface area contributed by atoms with Crippen molar-refractivity contribution in [3.63, 3.8) is 0 Å². The molecule has 0 unspecified atom stereocenters. The Morgan fingerprint density at radius 3 is 2.37 bits per heavy atom. The number of carbonyl (C=O) groups excluding carboxylic acids is 2. The molecule has 1 saturated heterocycles. The number of amides is 2. The first-order valence-electron chi connectivity index (χ1n) is 9.41. The SMILES string of the molecule is CCOC(=O)N1CCN(C(=O)c2ccc(OC)c(COCC(C)C)c2)CC1. The van der Waals surface area contributed by atoms with Gasteiger partial charge in [-0.15, -0.1) is 0 Å². The topological polar surface area (TPSA) is 68.3 Å². The first kappa shape index (κ1) is 21.0. The van der Waals surface area contributed by atoms with E-state index in [0.29, 0.717) is 63.2 Å². The summed E-state index contributed by atoms with van der Waals surface area (Å²) in [6.45, 7) is 9.30. The van der Waals surface area contributed by atoms with Crippen molar-refractivity contribution < 1.29 is 23.8 Å². The van der Waals surface area contributed by atoms with Crippen molar-refractivity contribution in [3.8, 4) is 5.75 Å². The molecule has 0 N–H and O–H groups in total. The van der Waals surface area contributed by atoms with Gasteiger partial charge < -0.3 is 24.0 Å². The number of methoxy groups -OCH3 is 1. The summed E-state index contributed by atoms with van der Waals surface area (Å²) in [6.07, 6.45) is -0.321. The van der Waals surface area contributed by atoms with Gasteiger partial charge in [0.05, 0.1) is 20.3 Å². The van der Waals surface area contributed by atoms with Crippen molar-refractivity contribution in [1.29, 1.82) is 0 Å². The molecule has 1 aliphatic heterocycles. The maximum atomic E-state index is 12.8. The van der Waals surface area contributed by atoms with Gasteiger partial charge in [-0.25, -0.2) is 4.79 Å². The molecule has 0 saturated carbocycles. The first-order chi connectivity index (χ1) is 13.0. The number of ether oxygens (including phenoxy) is 3. The monoisotopic (exact) mass is 378 g/mol. The third kappa shape index (κ3) is 5.85. The molecule has 1 fully saturated rings. The van der Waals surface area contributed by atoms with Gasteiger partial charge in [0.2, 0.25) is 0 Å². The molecule has 0 bridgehead atoms. The van der Waals surface area contributed by atoms with Gasteiger partial charge in [-0.1, -0.05) is 13.8 Å². The number of benzene rings is 1. The molecule has 0 spiro atoms. The van der Waals surface area contributed by atoms with Crippen LogP contribution in [0.25, 0.3) is 0 Å². The van der Waals surface area contributed by atoms with Gasteiger partial charge >= 0.3 is 6.09 Å². The standard InChI is InChI=1S/C20H30N2O5/c1-5-27-20(24)22-10-8-21(9-11-22)19(23)16-6-7-18(25-4)17(12-16)14-26-13-15(2)3/h6-7,12,15H,5,8-11,13-14H2,1-4H3. The average molecular weight is 378 g/mol. The smallest absolute Gasteiger partial charge is 0.409 e. The van der Waals surface area contributed by atoms with Gasteiger partial charge in [0, 0.05) is 43.9 Å². The molecule has 150 valence electrons. The minimum absolute atomic E-state index is 0.0497. The Hall–Kier alpha value is -2.28. The van der Waals surface area contributed by atoms with E-state index in [1.807, 2.05) is 6.07 Å². The van der Waals surface area contributed by atoms with Gasteiger partial charge in [-0.2, -0.15) is 0 Å². The van der Waals surface area contributed by atoms with Crippen molar-refractivity contribution in [2.75, 3.05) is 46.5 Å². The number of piperazine rings is 1. The summed E-state index contributed by atoms with van der Waals surface area (Å²) in [4.78, 5) is 28.0. The van der Waals surface area contributed by atoms with Gasteiger partial charge in [0.25, 0.3) is 5.91 Å². The second-order valence-corrected chi connectivity index (χ2v) is 6.91. The lowest BCUT2D eigenvalue weighted by molar-refractivity contribution is 0.0570. The quantitative estimate of drug-likeness (QED) is 0.730. The highest BCUT2D eigenvalue weighted by molar-refractivity contribution is 5.94. The second-order valence-electron chi connectivity index (χ2n) is 6.91. The minimum atomic E-state index is -0.321. The van der Waals surface area contributed by atoms with Crippen molar-refractivity contribution in [1.82, 2.24) is 9.80 Å². The van der Waals surface area contributed by atoms with E-state index < -0.39 is 0 Å². The molecule has 1 aliphatic rings. The number of nitrogens with zero attached hydrogens (tertiary/aromatic N) is 2. The van der Waals surface area contributed by atoms with Crippen molar-refractivity contribution in [2.45, 2.75) is 27.4 Å². The molecule has 0 aromatic heterocycles. The van der Waals surface area contributed by atoms with Crippen LogP contribution in [-0.2, 0) is 16.1 Å². The van der Waals surface area contributed by atoms with Gasteiger partial charge in [0.15, 0.2) is 0 Å². The predicted octanol–water partition coefficient (Wildman–Crippen LogP) is 2.78. The van der Waals surface area contributed by atoms with E-state index in [-0.39, 0.29) is 12.0 Å². The third-order valence-electron chi connectivity index (χ3n) is 4.33. The molecule has 2 rings (SSSR count). The molecular formula is C20H30N2O5. The van der Waals surface area contributed by atoms with Gasteiger partial charge in [0.1, 0.15) is 5.75 Å². The highest BCUT2D eigenvalue weighted by atomic mass is 16.6. The highest BCUT2D eigenvalue weighted by Gasteiger charge is 2.25. The van der Waals surface area contributed by atoms with E-state index in [9.17, 15) is 9.59 Å². The van der Waals surface area contributed by atoms with Gasteiger partial charge in [-0.3, -0.25) is 4.79 Å². The predicted molar refractivity (Wildman–Crippen MR) is 102 cm³/mol. The largest absolute Gasteiger partial charge is 0.496 e. The maximum Gasteiger partial charge on any atom is 0.409 e. The Morgan fingerprint density at radius 2 is 1.78 bits per heavy atom. The Labute approximate surface area is 161 Å². The Balaban J connectivity index is 2.00. The fraction of sp³-hybridized carbons (Fsp3) is 0.600. The van der Waals surface area contributed by atoms with E-state index in [4.69, 9.17) is 14.2 Å². The number of hydrogen-bond acceptors (Lipinski definition) is 5. The van der Waals surface area contributed by atoms with Crippen LogP contribution in [0.4, 0.5) is 4.79 Å². The zero-order valence-electron chi connectivity index (χ0n) is 16.7. The summed E-state index contributed by atoms with van der Waals surface area (Å²) in [5.41, 5.74) is 1.46. The molecule has 1 aromatic rings. The minimum Gasteiger partial charge on any atom is -0.496 e. The lowest BCUT2D eigenvalue weighted by atomic mass is 10.1. The summed E-state index contributed by atoms with van der Waals surface area (Å²) in [7, 11) is 1.61. The zero-order chi connectivity index (χ0) is 19.8. The summed E-state index contributed by atoms with van der Waals surface area (Å²) in [5, 5.41) is 0. The molecule has 1 heterocycles. The molecule has 0 radical (unpaired) electrons. The van der Waals surface area contributed by atoms with E-state index in [1.54, 1.807) is 36.0 Å². The van der Waals surface area contributed by atoms with Crippen LogP contribution in [-0.4, -0.2) is 68.3 Å². The maximum absolute atomic E-state index is 12.8. The number of hydrogen-bond donors (Lipinski definition) is 0. The van der Waals surface area contributed by atoms with Crippen molar-refractivity contribution in [2.24, 2.45) is 5.92 Å². The van der Waals surface area contributed by atoms with Crippen LogP contribution >= 0.6 is 0 Å². The van der Waals surface area contributed by atoms with E-state index >= 15 is 0 Å². The molecule has 27 heavy (non-hydrogen) atoms. The van der Waals surface area contributed by atoms with E-state index in [2.05, 4.69) is 13.8 Å². The second kappa shape index (κ2) is 10.2. The van der Waals surface area contributed by atoms with Crippen LogP contribution in [0.1, 0.15) is 36.7 Å². The Kier molecular flexibility index (Phi) is 7.91. The molecule has 2 amide bonds. The molecule has 1 aromatic carbocycles. The normalized spacial score (nSPS) is 14.4. The van der Waals surface area contributed by atoms with Crippen molar-refractivity contribution in [3.05, 3.63) is 29.3 Å². The van der Waals surface area contributed by atoms with Crippen LogP contribution in [0.3, 0.4) is 0 Å². The number of rotatable bonds is 7. The first-order valence-corrected chi connectivity index (χ1v) is 9.41. The van der Waals surface area contributed by atoms with Crippen LogP contribution in [0.5, 0.6) is 5.75 Å². The molecule has 7 nitrogen and oxygen atoms in total. The summed E-state index contributed by atoms with van der Waals surface area (Å²) >= 11 is 0. The van der Waals surface area contributed by atoms with E-state index in [1.165, 1.54) is 0 Å². The summed E-state index contributed by atoms with van der Waals surface area (Å²) in [6, 6.07) is 5.40. The number of carbonyl (C=O) groups is 2. The zero-order valence-corrected chi connectivity index (χ0v) is 16.7. The van der Waals surface area contributed by atoms with Crippen LogP contribution in [0, 0.1) is 5.92 Å². The molecule has 7 heteroatoms. The average Bonchev–Trinajstić information content (AvgIpc) is 2.67. The third-order valence-corrected chi connectivity index (χ3v) is 4.33. The van der Waals surface area contributed by atoms with E-state index in [0.717, 1.165) is 5.56 Å². The molecule has 0 aliphatic carbocycles. The molecule has 0 atom stereocenters. The molecular weight excluding hydrogens is 348 g/mol. The highest BCUT2D eigenvalue weighted by Crippen LogP contribution is 2.22. The lowest BCUT2D eigenvalue weighted by Crippen LogP contribution is -2.50. The Bertz CT molecular complexity index is 639. The fourth-order valence-corrected chi connectivity index (χ4v) is 2.92. The van der Waals surface area contributed by atoms with Crippen LogP contribution in [0.2, 0.25) is 0 Å². The van der Waals surface area contributed by atoms with Crippen LogP contribution < -0.4 is 4.74 Å². The van der Waals surface area contributed by atoms with Gasteiger partial charge in [-0.05, 0) is 31.0 Å².